The Labute approximate surface area is 121 Å². The number of allylic oxidation sites excluding steroid dienone is 1. The van der Waals surface area contributed by atoms with Crippen LogP contribution in [0.1, 0.15) is 29.5 Å². The average molecular weight is 272 g/mol. The highest BCUT2D eigenvalue weighted by atomic mass is 16.2. The summed E-state index contributed by atoms with van der Waals surface area (Å²) < 4.78 is 0. The standard InChI is InChI=1S/C17H24N2O/c1-13-4-3-5-14(2)16(13)7-6-15-8-10-19(11-9-15)17(20)12-18/h3-7,15H,8-12,18H2,1-2H3. The Morgan fingerprint density at radius 1 is 1.30 bits per heavy atom. The fraction of sp³-hybridized carbons (Fsp3) is 0.471. The van der Waals surface area contributed by atoms with Crippen LogP contribution < -0.4 is 5.73 Å². The molecule has 1 saturated heterocycles. The van der Waals surface area contributed by atoms with Gasteiger partial charge in [-0.2, -0.15) is 0 Å². The molecule has 0 atom stereocenters. The maximum absolute atomic E-state index is 11.5. The summed E-state index contributed by atoms with van der Waals surface area (Å²) in [5.74, 6) is 0.637. The number of carbonyl (C=O) groups excluding carboxylic acids is 1. The van der Waals surface area contributed by atoms with Crippen molar-refractivity contribution >= 4 is 12.0 Å². The molecule has 1 aromatic carbocycles. The van der Waals surface area contributed by atoms with E-state index >= 15 is 0 Å². The number of likely N-dealkylation sites (tertiary alicyclic amines) is 1. The molecule has 3 nitrogen and oxygen atoms in total. The van der Waals surface area contributed by atoms with Crippen LogP contribution in [0.3, 0.4) is 0 Å². The van der Waals surface area contributed by atoms with Gasteiger partial charge in [0.15, 0.2) is 0 Å². The number of carbonyl (C=O) groups is 1. The molecule has 1 fully saturated rings. The maximum atomic E-state index is 11.5. The van der Waals surface area contributed by atoms with Crippen molar-refractivity contribution in [1.82, 2.24) is 4.90 Å². The van der Waals surface area contributed by atoms with E-state index < -0.39 is 0 Å². The highest BCUT2D eigenvalue weighted by molar-refractivity contribution is 5.78. The van der Waals surface area contributed by atoms with E-state index in [1.54, 1.807) is 0 Å². The Morgan fingerprint density at radius 3 is 2.45 bits per heavy atom. The Kier molecular flexibility index (Phi) is 4.96. The molecule has 0 unspecified atom stereocenters. The Bertz CT molecular complexity index is 479. The summed E-state index contributed by atoms with van der Waals surface area (Å²) >= 11 is 0. The van der Waals surface area contributed by atoms with E-state index in [-0.39, 0.29) is 12.5 Å². The van der Waals surface area contributed by atoms with Crippen LogP contribution in [-0.2, 0) is 4.79 Å². The van der Waals surface area contributed by atoms with Gasteiger partial charge in [-0.05, 0) is 49.3 Å². The SMILES string of the molecule is Cc1cccc(C)c1C=CC1CCN(C(=O)CN)CC1. The minimum Gasteiger partial charge on any atom is -0.342 e. The summed E-state index contributed by atoms with van der Waals surface area (Å²) in [6.07, 6.45) is 6.62. The van der Waals surface area contributed by atoms with E-state index in [2.05, 4.69) is 44.2 Å². The summed E-state index contributed by atoms with van der Waals surface area (Å²) in [6, 6.07) is 6.39. The third-order valence-corrected chi connectivity index (χ3v) is 4.14. The van der Waals surface area contributed by atoms with E-state index in [0.29, 0.717) is 5.92 Å². The zero-order valence-electron chi connectivity index (χ0n) is 12.4. The van der Waals surface area contributed by atoms with E-state index in [1.165, 1.54) is 16.7 Å². The quantitative estimate of drug-likeness (QED) is 0.919. The lowest BCUT2D eigenvalue weighted by atomic mass is 9.94. The fourth-order valence-corrected chi connectivity index (χ4v) is 2.79. The van der Waals surface area contributed by atoms with Gasteiger partial charge in [0.05, 0.1) is 6.54 Å². The van der Waals surface area contributed by atoms with Crippen LogP contribution in [0, 0.1) is 19.8 Å². The zero-order chi connectivity index (χ0) is 14.5. The number of benzene rings is 1. The van der Waals surface area contributed by atoms with Crippen molar-refractivity contribution < 1.29 is 4.79 Å². The van der Waals surface area contributed by atoms with E-state index in [0.717, 1.165) is 25.9 Å². The van der Waals surface area contributed by atoms with Crippen LogP contribution in [0.15, 0.2) is 24.3 Å². The summed E-state index contributed by atoms with van der Waals surface area (Å²) in [5, 5.41) is 0. The molecule has 0 spiro atoms. The monoisotopic (exact) mass is 272 g/mol. The second-order valence-electron chi connectivity index (χ2n) is 5.59. The smallest absolute Gasteiger partial charge is 0.236 e. The Hall–Kier alpha value is -1.61. The van der Waals surface area contributed by atoms with Gasteiger partial charge >= 0.3 is 0 Å². The summed E-state index contributed by atoms with van der Waals surface area (Å²) in [5.41, 5.74) is 9.36. The molecule has 0 aliphatic carbocycles. The minimum atomic E-state index is 0.0715. The molecule has 1 aliphatic heterocycles. The first-order chi connectivity index (χ1) is 9.61. The molecule has 108 valence electrons. The highest BCUT2D eigenvalue weighted by Crippen LogP contribution is 2.21. The second-order valence-corrected chi connectivity index (χ2v) is 5.59. The number of hydrogen-bond donors (Lipinski definition) is 1. The number of amides is 1. The molecule has 2 N–H and O–H groups in total. The lowest BCUT2D eigenvalue weighted by molar-refractivity contribution is -0.130. The van der Waals surface area contributed by atoms with Crippen molar-refractivity contribution in [3.05, 3.63) is 41.0 Å². The summed E-state index contributed by atoms with van der Waals surface area (Å²) in [7, 11) is 0. The van der Waals surface area contributed by atoms with Crippen LogP contribution in [0.2, 0.25) is 0 Å². The van der Waals surface area contributed by atoms with Crippen molar-refractivity contribution in [2.24, 2.45) is 11.7 Å². The number of piperidine rings is 1. The largest absolute Gasteiger partial charge is 0.342 e. The molecular weight excluding hydrogens is 248 g/mol. The molecule has 0 bridgehead atoms. The molecule has 0 saturated carbocycles. The molecule has 0 radical (unpaired) electrons. The van der Waals surface area contributed by atoms with Crippen LogP contribution in [0.4, 0.5) is 0 Å². The van der Waals surface area contributed by atoms with Gasteiger partial charge in [-0.1, -0.05) is 30.4 Å². The van der Waals surface area contributed by atoms with Gasteiger partial charge in [-0.25, -0.2) is 0 Å². The van der Waals surface area contributed by atoms with Crippen molar-refractivity contribution in [3.63, 3.8) is 0 Å². The van der Waals surface area contributed by atoms with Crippen LogP contribution in [0.25, 0.3) is 6.08 Å². The van der Waals surface area contributed by atoms with E-state index in [4.69, 9.17) is 5.73 Å². The molecular formula is C17H24N2O. The third kappa shape index (κ3) is 3.48. The fourth-order valence-electron chi connectivity index (χ4n) is 2.79. The molecule has 2 rings (SSSR count). The van der Waals surface area contributed by atoms with E-state index in [9.17, 15) is 4.79 Å². The van der Waals surface area contributed by atoms with Gasteiger partial charge in [-0.3, -0.25) is 4.79 Å². The van der Waals surface area contributed by atoms with Gasteiger partial charge in [0.1, 0.15) is 0 Å². The third-order valence-electron chi connectivity index (χ3n) is 4.14. The number of rotatable bonds is 3. The molecule has 3 heteroatoms. The zero-order valence-corrected chi connectivity index (χ0v) is 12.4. The first-order valence-corrected chi connectivity index (χ1v) is 7.34. The molecule has 0 aromatic heterocycles. The highest BCUT2D eigenvalue weighted by Gasteiger charge is 2.20. The van der Waals surface area contributed by atoms with Gasteiger partial charge in [-0.15, -0.1) is 0 Å². The van der Waals surface area contributed by atoms with Crippen LogP contribution in [0.5, 0.6) is 0 Å². The molecule has 1 aliphatic rings. The van der Waals surface area contributed by atoms with Gasteiger partial charge in [0.2, 0.25) is 5.91 Å². The number of nitrogens with zero attached hydrogens (tertiary/aromatic N) is 1. The predicted molar refractivity (Wildman–Crippen MR) is 83.3 cm³/mol. The summed E-state index contributed by atoms with van der Waals surface area (Å²) in [4.78, 5) is 13.4. The van der Waals surface area contributed by atoms with Gasteiger partial charge in [0, 0.05) is 13.1 Å². The van der Waals surface area contributed by atoms with E-state index in [1.807, 2.05) is 4.90 Å². The molecule has 1 aromatic rings. The first-order valence-electron chi connectivity index (χ1n) is 7.34. The number of aryl methyl sites for hydroxylation is 2. The van der Waals surface area contributed by atoms with Crippen molar-refractivity contribution in [1.29, 1.82) is 0 Å². The van der Waals surface area contributed by atoms with Crippen molar-refractivity contribution in [2.75, 3.05) is 19.6 Å². The van der Waals surface area contributed by atoms with Crippen molar-refractivity contribution in [3.8, 4) is 0 Å². The first kappa shape index (κ1) is 14.8. The molecule has 1 heterocycles. The lowest BCUT2D eigenvalue weighted by Gasteiger charge is -2.30. The Balaban J connectivity index is 1.96. The van der Waals surface area contributed by atoms with Crippen molar-refractivity contribution in [2.45, 2.75) is 26.7 Å². The topological polar surface area (TPSA) is 46.3 Å². The van der Waals surface area contributed by atoms with Crippen LogP contribution >= 0.6 is 0 Å². The minimum absolute atomic E-state index is 0.0715. The average Bonchev–Trinajstić information content (AvgIpc) is 2.46. The number of nitrogens with two attached hydrogens (primary N) is 1. The molecule has 20 heavy (non-hydrogen) atoms. The second kappa shape index (κ2) is 6.71. The van der Waals surface area contributed by atoms with Crippen LogP contribution in [-0.4, -0.2) is 30.4 Å². The molecule has 1 amide bonds. The summed E-state index contributed by atoms with van der Waals surface area (Å²) in [6.45, 7) is 6.09. The predicted octanol–water partition coefficient (Wildman–Crippen LogP) is 2.51. The number of hydrogen-bond acceptors (Lipinski definition) is 2. The van der Waals surface area contributed by atoms with Gasteiger partial charge in [0.25, 0.3) is 0 Å². The lowest BCUT2D eigenvalue weighted by Crippen LogP contribution is -2.41. The Morgan fingerprint density at radius 2 is 1.90 bits per heavy atom. The maximum Gasteiger partial charge on any atom is 0.236 e. The van der Waals surface area contributed by atoms with Gasteiger partial charge < -0.3 is 10.6 Å². The normalized spacial score (nSPS) is 16.9.